The van der Waals surface area contributed by atoms with Crippen molar-refractivity contribution in [2.75, 3.05) is 19.6 Å². The third-order valence-corrected chi connectivity index (χ3v) is 5.19. The third kappa shape index (κ3) is 4.24. The lowest BCUT2D eigenvalue weighted by molar-refractivity contribution is 0.0933. The molecule has 8 heteroatoms. The van der Waals surface area contributed by atoms with Gasteiger partial charge in [0.25, 0.3) is 5.91 Å². The number of amides is 1. The van der Waals surface area contributed by atoms with Gasteiger partial charge < -0.3 is 5.32 Å². The summed E-state index contributed by atoms with van der Waals surface area (Å²) in [7, 11) is 1.88. The van der Waals surface area contributed by atoms with Crippen LogP contribution in [0.5, 0.6) is 0 Å². The van der Waals surface area contributed by atoms with Gasteiger partial charge >= 0.3 is 0 Å². The van der Waals surface area contributed by atoms with Crippen molar-refractivity contribution in [3.05, 3.63) is 35.4 Å². The van der Waals surface area contributed by atoms with E-state index in [2.05, 4.69) is 37.6 Å². The average molecular weight is 357 g/mol. The van der Waals surface area contributed by atoms with Crippen LogP contribution >= 0.6 is 0 Å². The number of carbonyl (C=O) groups excluding carboxylic acids is 1. The molecule has 3 heterocycles. The molecule has 1 fully saturated rings. The first-order chi connectivity index (χ1) is 12.6. The number of nitrogens with one attached hydrogen (secondary N) is 1. The van der Waals surface area contributed by atoms with E-state index < -0.39 is 0 Å². The van der Waals surface area contributed by atoms with Crippen LogP contribution < -0.4 is 5.32 Å². The van der Waals surface area contributed by atoms with Crippen molar-refractivity contribution in [3.8, 4) is 0 Å². The number of tetrazole rings is 1. The van der Waals surface area contributed by atoms with E-state index in [0.717, 1.165) is 37.3 Å². The first-order valence-electron chi connectivity index (χ1n) is 9.22. The zero-order chi connectivity index (χ0) is 18.5. The normalized spacial score (nSPS) is 19.3. The number of rotatable bonds is 6. The molecule has 8 nitrogen and oxygen atoms in total. The second kappa shape index (κ2) is 8.35. The number of likely N-dealkylation sites (tertiary alicyclic amines) is 1. The standard InChI is InChI=1S/C18H27N7O/c1-13-6-4-9-19-16(13)18(26)20-10-8-15-7-5-11-25(12-15)14(2)17-21-22-23-24(17)3/h4,6,9,14-15H,5,7-8,10-12H2,1-3H3,(H,20,26). The fourth-order valence-electron chi connectivity index (χ4n) is 3.64. The Balaban J connectivity index is 1.49. The smallest absolute Gasteiger partial charge is 0.270 e. The van der Waals surface area contributed by atoms with Crippen LogP contribution in [0.1, 0.15) is 54.1 Å². The number of hydrogen-bond acceptors (Lipinski definition) is 6. The van der Waals surface area contributed by atoms with E-state index in [4.69, 9.17) is 0 Å². The van der Waals surface area contributed by atoms with Crippen molar-refractivity contribution in [1.29, 1.82) is 0 Å². The highest BCUT2D eigenvalue weighted by Gasteiger charge is 2.26. The molecule has 0 spiro atoms. The quantitative estimate of drug-likeness (QED) is 0.843. The molecule has 1 aliphatic rings. The van der Waals surface area contributed by atoms with Gasteiger partial charge in [0.1, 0.15) is 5.69 Å². The summed E-state index contributed by atoms with van der Waals surface area (Å²) in [6, 6.07) is 3.95. The highest BCUT2D eigenvalue weighted by atomic mass is 16.1. The monoisotopic (exact) mass is 357 g/mol. The molecule has 3 rings (SSSR count). The molecule has 0 saturated carbocycles. The number of aromatic nitrogens is 5. The Labute approximate surface area is 154 Å². The van der Waals surface area contributed by atoms with Crippen LogP contribution in [0.2, 0.25) is 0 Å². The van der Waals surface area contributed by atoms with Crippen LogP contribution in [-0.4, -0.2) is 55.6 Å². The summed E-state index contributed by atoms with van der Waals surface area (Å²) >= 11 is 0. The van der Waals surface area contributed by atoms with Crippen LogP contribution in [0.25, 0.3) is 0 Å². The van der Waals surface area contributed by atoms with Crippen LogP contribution in [0.4, 0.5) is 0 Å². The maximum Gasteiger partial charge on any atom is 0.270 e. The SMILES string of the molecule is Cc1cccnc1C(=O)NCCC1CCCN(C(C)c2nnnn2C)C1. The highest BCUT2D eigenvalue weighted by molar-refractivity contribution is 5.93. The molecule has 1 amide bonds. The fraction of sp³-hybridized carbons (Fsp3) is 0.611. The molecule has 26 heavy (non-hydrogen) atoms. The largest absolute Gasteiger partial charge is 0.351 e. The second-order valence-electron chi connectivity index (χ2n) is 7.05. The van der Waals surface area contributed by atoms with Gasteiger partial charge in [0.15, 0.2) is 5.82 Å². The molecular weight excluding hydrogens is 330 g/mol. The second-order valence-corrected chi connectivity index (χ2v) is 7.05. The Bertz CT molecular complexity index is 745. The Morgan fingerprint density at radius 3 is 3.04 bits per heavy atom. The zero-order valence-corrected chi connectivity index (χ0v) is 15.7. The maximum absolute atomic E-state index is 12.3. The lowest BCUT2D eigenvalue weighted by Crippen LogP contribution is -2.39. The van der Waals surface area contributed by atoms with E-state index in [-0.39, 0.29) is 11.9 Å². The molecule has 140 valence electrons. The Kier molecular flexibility index (Phi) is 5.92. The van der Waals surface area contributed by atoms with Gasteiger partial charge in [0.05, 0.1) is 6.04 Å². The van der Waals surface area contributed by atoms with Gasteiger partial charge in [0.2, 0.25) is 0 Å². The van der Waals surface area contributed by atoms with Crippen molar-refractivity contribution in [2.24, 2.45) is 13.0 Å². The fourth-order valence-corrected chi connectivity index (χ4v) is 3.64. The number of carbonyl (C=O) groups is 1. The van der Waals surface area contributed by atoms with Gasteiger partial charge in [-0.15, -0.1) is 5.10 Å². The zero-order valence-electron chi connectivity index (χ0n) is 15.7. The molecule has 2 aromatic rings. The lowest BCUT2D eigenvalue weighted by atomic mass is 9.93. The van der Waals surface area contributed by atoms with E-state index in [1.54, 1.807) is 10.9 Å². The maximum atomic E-state index is 12.3. The first-order valence-corrected chi connectivity index (χ1v) is 9.22. The molecule has 0 bridgehead atoms. The number of pyridine rings is 1. The predicted molar refractivity (Wildman–Crippen MR) is 97.4 cm³/mol. The van der Waals surface area contributed by atoms with Gasteiger partial charge in [-0.3, -0.25) is 14.7 Å². The first kappa shape index (κ1) is 18.4. The summed E-state index contributed by atoms with van der Waals surface area (Å²) in [5.74, 6) is 1.37. The summed E-state index contributed by atoms with van der Waals surface area (Å²) in [5.41, 5.74) is 1.42. The van der Waals surface area contributed by atoms with Crippen molar-refractivity contribution in [2.45, 2.75) is 39.2 Å². The minimum Gasteiger partial charge on any atom is -0.351 e. The molecule has 2 atom stereocenters. The topological polar surface area (TPSA) is 88.8 Å². The Morgan fingerprint density at radius 1 is 1.46 bits per heavy atom. The number of aryl methyl sites for hydroxylation is 2. The van der Waals surface area contributed by atoms with Gasteiger partial charge in [-0.25, -0.2) is 4.68 Å². The van der Waals surface area contributed by atoms with Crippen molar-refractivity contribution in [3.63, 3.8) is 0 Å². The predicted octanol–water partition coefficient (Wildman–Crippen LogP) is 1.51. The van der Waals surface area contributed by atoms with Gasteiger partial charge in [-0.2, -0.15) is 0 Å². The number of hydrogen-bond donors (Lipinski definition) is 1. The summed E-state index contributed by atoms with van der Waals surface area (Å²) < 4.78 is 1.74. The number of piperidine rings is 1. The molecule has 0 aliphatic carbocycles. The van der Waals surface area contributed by atoms with Crippen LogP contribution in [0.3, 0.4) is 0 Å². The van der Waals surface area contributed by atoms with Crippen molar-refractivity contribution in [1.82, 2.24) is 35.4 Å². The van der Waals surface area contributed by atoms with Crippen LogP contribution in [0.15, 0.2) is 18.3 Å². The van der Waals surface area contributed by atoms with Crippen molar-refractivity contribution < 1.29 is 4.79 Å². The number of nitrogens with zero attached hydrogens (tertiary/aromatic N) is 6. The molecule has 2 aromatic heterocycles. The molecule has 1 N–H and O–H groups in total. The molecular formula is C18H27N7O. The summed E-state index contributed by atoms with van der Waals surface area (Å²) in [5, 5.41) is 14.8. The summed E-state index contributed by atoms with van der Waals surface area (Å²) in [6.45, 7) is 6.80. The van der Waals surface area contributed by atoms with Gasteiger partial charge in [0, 0.05) is 26.3 Å². The lowest BCUT2D eigenvalue weighted by Gasteiger charge is -2.36. The van der Waals surface area contributed by atoms with Gasteiger partial charge in [-0.1, -0.05) is 6.07 Å². The van der Waals surface area contributed by atoms with Crippen LogP contribution in [-0.2, 0) is 7.05 Å². The minimum absolute atomic E-state index is 0.0886. The van der Waals surface area contributed by atoms with Gasteiger partial charge in [-0.05, 0) is 67.6 Å². The molecule has 0 radical (unpaired) electrons. The molecule has 0 aromatic carbocycles. The summed E-state index contributed by atoms with van der Waals surface area (Å²) in [4.78, 5) is 18.9. The van der Waals surface area contributed by atoms with E-state index in [1.807, 2.05) is 26.1 Å². The molecule has 1 aliphatic heterocycles. The van der Waals surface area contributed by atoms with Crippen LogP contribution in [0, 0.1) is 12.8 Å². The molecule has 2 unspecified atom stereocenters. The Morgan fingerprint density at radius 2 is 2.31 bits per heavy atom. The minimum atomic E-state index is -0.0886. The Hall–Kier alpha value is -2.35. The highest BCUT2D eigenvalue weighted by Crippen LogP contribution is 2.26. The molecule has 1 saturated heterocycles. The summed E-state index contributed by atoms with van der Waals surface area (Å²) in [6.07, 6.45) is 4.98. The van der Waals surface area contributed by atoms with E-state index in [0.29, 0.717) is 18.2 Å². The third-order valence-electron chi connectivity index (χ3n) is 5.19. The van der Waals surface area contributed by atoms with E-state index >= 15 is 0 Å². The van der Waals surface area contributed by atoms with E-state index in [9.17, 15) is 4.79 Å². The average Bonchev–Trinajstić information content (AvgIpc) is 3.07. The van der Waals surface area contributed by atoms with E-state index in [1.165, 1.54) is 6.42 Å². The van der Waals surface area contributed by atoms with Crippen molar-refractivity contribution >= 4 is 5.91 Å².